The molecule has 4 rings (SSSR count). The summed E-state index contributed by atoms with van der Waals surface area (Å²) in [6.07, 6.45) is 5.43. The van der Waals surface area contributed by atoms with Crippen molar-refractivity contribution in [2.24, 2.45) is 0 Å². The van der Waals surface area contributed by atoms with E-state index in [1.54, 1.807) is 18.0 Å². The number of benzene rings is 2. The normalized spacial score (nSPS) is 14.4. The van der Waals surface area contributed by atoms with E-state index in [9.17, 15) is 0 Å². The van der Waals surface area contributed by atoms with Crippen molar-refractivity contribution in [2.75, 3.05) is 0 Å². The molecule has 0 nitrogen and oxygen atoms in total. The van der Waals surface area contributed by atoms with Gasteiger partial charge in [0.1, 0.15) is 0 Å². The number of hydrogen-bond acceptors (Lipinski definition) is 0. The molecule has 20 heavy (non-hydrogen) atoms. The van der Waals surface area contributed by atoms with E-state index >= 15 is 0 Å². The molecule has 0 saturated heterocycles. The Labute approximate surface area is 139 Å². The molecule has 0 unspecified atom stereocenters. The third kappa shape index (κ3) is 2.09. The van der Waals surface area contributed by atoms with Crippen molar-refractivity contribution in [3.8, 4) is 10.0 Å². The van der Waals surface area contributed by atoms with Crippen LogP contribution in [0, 0.1) is 3.57 Å². The molecule has 1 aliphatic carbocycles. The van der Waals surface area contributed by atoms with Crippen LogP contribution in [0.3, 0.4) is 0 Å². The number of hydrogen-bond donors (Lipinski definition) is 0. The molecule has 1 aromatic heterocycles. The molecule has 0 aliphatic heterocycles. The molecule has 1 heterocycles. The van der Waals surface area contributed by atoms with Crippen LogP contribution in [0.5, 0.6) is 0 Å². The Balaban J connectivity index is 1.98. The van der Waals surface area contributed by atoms with Crippen LogP contribution in [0.2, 0.25) is 0 Å². The fraction of sp³-hybridized carbons (Fsp3) is 0.222. The van der Waals surface area contributed by atoms with E-state index in [4.69, 9.17) is 0 Å². The second kappa shape index (κ2) is 5.32. The van der Waals surface area contributed by atoms with Gasteiger partial charge in [0.25, 0.3) is 0 Å². The Morgan fingerprint density at radius 1 is 0.900 bits per heavy atom. The van der Waals surface area contributed by atoms with Crippen molar-refractivity contribution in [1.82, 2.24) is 0 Å². The number of fused-ring (bicyclic) bond motifs is 2. The predicted molar refractivity (Wildman–Crippen MR) is 95.7 cm³/mol. The molecule has 0 spiro atoms. The van der Waals surface area contributed by atoms with Gasteiger partial charge in [-0.3, -0.25) is 0 Å². The Morgan fingerprint density at radius 2 is 1.70 bits per heavy atom. The van der Waals surface area contributed by atoms with Gasteiger partial charge in [0, 0.05) is 0 Å². The minimum atomic E-state index is 0.552. The molecular formula is C18H15ISe. The van der Waals surface area contributed by atoms with E-state index in [0.29, 0.717) is 14.5 Å². The van der Waals surface area contributed by atoms with E-state index in [-0.39, 0.29) is 0 Å². The summed E-state index contributed by atoms with van der Waals surface area (Å²) in [4.78, 5) is 0. The van der Waals surface area contributed by atoms with Crippen molar-refractivity contribution in [3.05, 3.63) is 56.0 Å². The van der Waals surface area contributed by atoms with Crippen LogP contribution in [-0.2, 0) is 12.8 Å². The van der Waals surface area contributed by atoms with Crippen LogP contribution in [0.4, 0.5) is 0 Å². The summed E-state index contributed by atoms with van der Waals surface area (Å²) in [6.45, 7) is 0. The summed E-state index contributed by atoms with van der Waals surface area (Å²) in [5.74, 6) is 0. The van der Waals surface area contributed by atoms with Crippen LogP contribution in [-0.4, -0.2) is 14.5 Å². The standard InChI is InChI=1S/C18H15ISe/c19-17-15-9-3-4-11-16(15)20-18(17)14-10-5-7-12-6-1-2-8-13(12)14/h1-2,5-8,10H,3-4,9,11H2. The third-order valence-corrected chi connectivity index (χ3v) is 8.93. The monoisotopic (exact) mass is 438 g/mol. The van der Waals surface area contributed by atoms with Crippen LogP contribution >= 0.6 is 22.6 Å². The molecule has 2 aromatic carbocycles. The maximum atomic E-state index is 2.60. The van der Waals surface area contributed by atoms with Crippen molar-refractivity contribution < 1.29 is 0 Å². The first-order valence-corrected chi connectivity index (χ1v) is 9.92. The maximum absolute atomic E-state index is 2.60. The molecule has 0 saturated carbocycles. The summed E-state index contributed by atoms with van der Waals surface area (Å²) >= 11 is 3.15. The van der Waals surface area contributed by atoms with E-state index in [2.05, 4.69) is 65.1 Å². The Morgan fingerprint density at radius 3 is 2.60 bits per heavy atom. The molecule has 3 aromatic rings. The van der Waals surface area contributed by atoms with Gasteiger partial charge >= 0.3 is 140 Å². The van der Waals surface area contributed by atoms with Crippen LogP contribution in [0.1, 0.15) is 22.8 Å². The minimum absolute atomic E-state index is 0.552. The van der Waals surface area contributed by atoms with Gasteiger partial charge in [0.15, 0.2) is 0 Å². The fourth-order valence-corrected chi connectivity index (χ4v) is 7.76. The van der Waals surface area contributed by atoms with Gasteiger partial charge in [0.2, 0.25) is 0 Å². The SMILES string of the molecule is Ic1c(-c2cccc3ccccc23)[se]c2c1CCCC2. The van der Waals surface area contributed by atoms with Gasteiger partial charge in [-0.25, -0.2) is 0 Å². The van der Waals surface area contributed by atoms with E-state index < -0.39 is 0 Å². The second-order valence-corrected chi connectivity index (χ2v) is 8.78. The molecule has 100 valence electrons. The topological polar surface area (TPSA) is 0 Å². The Kier molecular flexibility index (Phi) is 3.49. The second-order valence-electron chi connectivity index (χ2n) is 5.38. The predicted octanol–water partition coefficient (Wildman–Crippen LogP) is 5.05. The number of aryl methyl sites for hydroxylation is 1. The number of rotatable bonds is 1. The quantitative estimate of drug-likeness (QED) is 0.370. The zero-order valence-electron chi connectivity index (χ0n) is 11.2. The van der Waals surface area contributed by atoms with E-state index in [0.717, 1.165) is 0 Å². The van der Waals surface area contributed by atoms with Gasteiger partial charge in [-0.2, -0.15) is 0 Å². The number of halogens is 1. The van der Waals surface area contributed by atoms with Gasteiger partial charge in [0.05, 0.1) is 0 Å². The van der Waals surface area contributed by atoms with Crippen LogP contribution in [0.15, 0.2) is 42.5 Å². The van der Waals surface area contributed by atoms with E-state index in [1.807, 2.05) is 0 Å². The van der Waals surface area contributed by atoms with E-state index in [1.165, 1.54) is 42.0 Å². The molecule has 0 bridgehead atoms. The zero-order chi connectivity index (χ0) is 13.5. The molecular weight excluding hydrogens is 422 g/mol. The fourth-order valence-electron chi connectivity index (χ4n) is 3.12. The van der Waals surface area contributed by atoms with Crippen LogP contribution < -0.4 is 0 Å². The van der Waals surface area contributed by atoms with Crippen molar-refractivity contribution in [1.29, 1.82) is 0 Å². The van der Waals surface area contributed by atoms with Crippen molar-refractivity contribution >= 4 is 47.9 Å². The average molecular weight is 437 g/mol. The molecule has 0 radical (unpaired) electrons. The molecule has 2 heteroatoms. The van der Waals surface area contributed by atoms with Gasteiger partial charge in [-0.1, -0.05) is 0 Å². The first-order valence-electron chi connectivity index (χ1n) is 7.13. The van der Waals surface area contributed by atoms with Crippen molar-refractivity contribution in [3.63, 3.8) is 0 Å². The molecule has 0 amide bonds. The van der Waals surface area contributed by atoms with Gasteiger partial charge in [-0.15, -0.1) is 0 Å². The summed E-state index contributed by atoms with van der Waals surface area (Å²) < 4.78 is 4.96. The molecule has 0 fully saturated rings. The summed E-state index contributed by atoms with van der Waals surface area (Å²) in [5.41, 5.74) is 3.17. The summed E-state index contributed by atoms with van der Waals surface area (Å²) in [7, 11) is 0. The van der Waals surface area contributed by atoms with Crippen LogP contribution in [0.25, 0.3) is 20.8 Å². The van der Waals surface area contributed by atoms with Gasteiger partial charge < -0.3 is 0 Å². The molecule has 0 N–H and O–H groups in total. The molecule has 1 aliphatic rings. The molecule has 0 atom stereocenters. The first kappa shape index (κ1) is 13.1. The summed E-state index contributed by atoms with van der Waals surface area (Å²) in [6, 6.07) is 15.5. The average Bonchev–Trinajstić information content (AvgIpc) is 2.84. The summed E-state index contributed by atoms with van der Waals surface area (Å²) in [5, 5.41) is 2.78. The Hall–Kier alpha value is -0.571. The van der Waals surface area contributed by atoms with Crippen molar-refractivity contribution in [2.45, 2.75) is 25.7 Å². The third-order valence-electron chi connectivity index (χ3n) is 4.14. The first-order chi connectivity index (χ1) is 9.84. The Bertz CT molecular complexity index is 780. The zero-order valence-corrected chi connectivity index (χ0v) is 15.0. The van der Waals surface area contributed by atoms with Gasteiger partial charge in [-0.05, 0) is 0 Å².